The van der Waals surface area contributed by atoms with Gasteiger partial charge in [0.15, 0.2) is 23.9 Å². The molecule has 0 spiro atoms. The van der Waals surface area contributed by atoms with E-state index >= 15 is 0 Å². The maximum absolute atomic E-state index is 13.1. The molecule has 4 amide bonds. The van der Waals surface area contributed by atoms with E-state index in [2.05, 4.69) is 5.32 Å². The van der Waals surface area contributed by atoms with Crippen LogP contribution in [0, 0.1) is 0 Å². The number of carbonyl (C=O) groups excluding carboxylic acids is 3. The van der Waals surface area contributed by atoms with Gasteiger partial charge in [0.25, 0.3) is 11.8 Å². The van der Waals surface area contributed by atoms with Crippen LogP contribution in [0.5, 0.6) is 17.2 Å². The fraction of sp³-hybridized carbons (Fsp3) is 0.250. The number of methoxy groups -OCH3 is 1. The minimum atomic E-state index is -1.22. The van der Waals surface area contributed by atoms with E-state index in [4.69, 9.17) is 42.5 Å². The molecule has 3 rings (SSSR count). The van der Waals surface area contributed by atoms with Gasteiger partial charge >= 0.3 is 12.0 Å². The summed E-state index contributed by atoms with van der Waals surface area (Å²) in [4.78, 5) is 49.6. The van der Waals surface area contributed by atoms with Gasteiger partial charge < -0.3 is 19.3 Å². The third-order valence-corrected chi connectivity index (χ3v) is 5.45. The number of benzene rings is 2. The van der Waals surface area contributed by atoms with Gasteiger partial charge in [0.05, 0.1) is 30.3 Å². The first-order valence-electron chi connectivity index (χ1n) is 10.7. The number of nitrogens with one attached hydrogen (secondary N) is 1. The SMILES string of the molecule is CCCOc1ccc(CN2C(=O)NC(=O)/C(=C\c3cc(Cl)c(OCC(=O)O)c(Cl)c3)C2=O)cc1OC. The van der Waals surface area contributed by atoms with Crippen molar-refractivity contribution in [2.75, 3.05) is 20.3 Å². The summed E-state index contributed by atoms with van der Waals surface area (Å²) >= 11 is 12.3. The summed E-state index contributed by atoms with van der Waals surface area (Å²) < 4.78 is 16.0. The molecule has 1 aliphatic heterocycles. The first kappa shape index (κ1) is 26.8. The number of ether oxygens (including phenoxy) is 3. The highest BCUT2D eigenvalue weighted by atomic mass is 35.5. The molecule has 2 aromatic rings. The van der Waals surface area contributed by atoms with E-state index in [0.717, 1.165) is 11.3 Å². The highest BCUT2D eigenvalue weighted by Crippen LogP contribution is 2.35. The molecule has 0 aliphatic carbocycles. The molecule has 2 N–H and O–H groups in total. The summed E-state index contributed by atoms with van der Waals surface area (Å²) in [6.07, 6.45) is 2.03. The number of carbonyl (C=O) groups is 4. The predicted molar refractivity (Wildman–Crippen MR) is 130 cm³/mol. The molecule has 1 saturated heterocycles. The second kappa shape index (κ2) is 11.8. The van der Waals surface area contributed by atoms with Crippen LogP contribution >= 0.6 is 23.2 Å². The van der Waals surface area contributed by atoms with Crippen molar-refractivity contribution in [2.24, 2.45) is 0 Å². The van der Waals surface area contributed by atoms with Crippen LogP contribution in [0.25, 0.3) is 6.08 Å². The molecule has 0 saturated carbocycles. The molecule has 2 aromatic carbocycles. The molecule has 1 aliphatic rings. The van der Waals surface area contributed by atoms with Crippen LogP contribution in [-0.4, -0.2) is 54.1 Å². The van der Waals surface area contributed by atoms with E-state index in [1.165, 1.54) is 25.3 Å². The highest BCUT2D eigenvalue weighted by Gasteiger charge is 2.36. The minimum absolute atomic E-state index is 0.0234. The number of halogens is 2. The lowest BCUT2D eigenvalue weighted by molar-refractivity contribution is -0.139. The average Bonchev–Trinajstić information content (AvgIpc) is 2.82. The number of urea groups is 1. The molecule has 1 heterocycles. The number of barbiturate groups is 1. The van der Waals surface area contributed by atoms with E-state index in [9.17, 15) is 19.2 Å². The Morgan fingerprint density at radius 2 is 1.78 bits per heavy atom. The third kappa shape index (κ3) is 6.27. The zero-order valence-corrected chi connectivity index (χ0v) is 20.8. The molecule has 36 heavy (non-hydrogen) atoms. The van der Waals surface area contributed by atoms with Crippen LogP contribution in [-0.2, 0) is 20.9 Å². The van der Waals surface area contributed by atoms with Crippen molar-refractivity contribution >= 4 is 53.1 Å². The summed E-state index contributed by atoms with van der Waals surface area (Å²) in [5.41, 5.74) is 0.509. The Balaban J connectivity index is 1.86. The lowest BCUT2D eigenvalue weighted by Crippen LogP contribution is -2.53. The summed E-state index contributed by atoms with van der Waals surface area (Å²) in [5, 5.41) is 10.9. The fourth-order valence-electron chi connectivity index (χ4n) is 3.26. The van der Waals surface area contributed by atoms with Crippen molar-refractivity contribution in [3.05, 3.63) is 57.1 Å². The summed E-state index contributed by atoms with van der Waals surface area (Å²) in [6.45, 7) is 1.68. The van der Waals surface area contributed by atoms with Gasteiger partial charge in [-0.25, -0.2) is 9.59 Å². The van der Waals surface area contributed by atoms with Crippen molar-refractivity contribution in [3.8, 4) is 17.2 Å². The van der Waals surface area contributed by atoms with Crippen LogP contribution in [0.4, 0.5) is 4.79 Å². The van der Waals surface area contributed by atoms with Crippen LogP contribution in [0.3, 0.4) is 0 Å². The molecule has 10 nitrogen and oxygen atoms in total. The molecule has 0 unspecified atom stereocenters. The maximum Gasteiger partial charge on any atom is 0.341 e. The standard InChI is InChI=1S/C24H22Cl2N2O8/c1-3-6-35-18-5-4-13(10-19(18)34-2)11-28-23(32)15(22(31)27-24(28)33)7-14-8-16(25)21(17(26)9-14)36-12-20(29)30/h4-5,7-10H,3,6,11-12H2,1-2H3,(H,29,30)(H,27,31,33)/b15-7+. The van der Waals surface area contributed by atoms with Crippen LogP contribution < -0.4 is 19.5 Å². The number of rotatable bonds is 10. The first-order valence-corrected chi connectivity index (χ1v) is 11.4. The molecule has 0 atom stereocenters. The van der Waals surface area contributed by atoms with Gasteiger partial charge in [-0.05, 0) is 47.9 Å². The molecular formula is C24H22Cl2N2O8. The van der Waals surface area contributed by atoms with Crippen molar-refractivity contribution in [2.45, 2.75) is 19.9 Å². The van der Waals surface area contributed by atoms with Crippen molar-refractivity contribution in [1.82, 2.24) is 10.2 Å². The first-order chi connectivity index (χ1) is 17.1. The van der Waals surface area contributed by atoms with Crippen LogP contribution in [0.15, 0.2) is 35.9 Å². The zero-order valence-electron chi connectivity index (χ0n) is 19.3. The van der Waals surface area contributed by atoms with Gasteiger partial charge in [-0.15, -0.1) is 0 Å². The monoisotopic (exact) mass is 536 g/mol. The van der Waals surface area contributed by atoms with Gasteiger partial charge in [-0.2, -0.15) is 0 Å². The van der Waals surface area contributed by atoms with Gasteiger partial charge in [0.2, 0.25) is 0 Å². The quantitative estimate of drug-likeness (QED) is 0.345. The topological polar surface area (TPSA) is 131 Å². The molecule has 0 aromatic heterocycles. The van der Waals surface area contributed by atoms with Gasteiger partial charge in [0, 0.05) is 0 Å². The Kier molecular flexibility index (Phi) is 8.78. The third-order valence-electron chi connectivity index (χ3n) is 4.89. The Bertz CT molecular complexity index is 1220. The molecule has 190 valence electrons. The number of hydrogen-bond donors (Lipinski definition) is 2. The van der Waals surface area contributed by atoms with E-state index in [1.807, 2.05) is 6.92 Å². The normalized spacial score (nSPS) is 14.6. The smallest absolute Gasteiger partial charge is 0.341 e. The summed E-state index contributed by atoms with van der Waals surface area (Å²) in [6, 6.07) is 6.82. The summed E-state index contributed by atoms with van der Waals surface area (Å²) in [7, 11) is 1.48. The largest absolute Gasteiger partial charge is 0.493 e. The second-order valence-electron chi connectivity index (χ2n) is 7.54. The van der Waals surface area contributed by atoms with Crippen molar-refractivity contribution in [3.63, 3.8) is 0 Å². The molecule has 0 bridgehead atoms. The van der Waals surface area contributed by atoms with E-state index in [1.54, 1.807) is 18.2 Å². The fourth-order valence-corrected chi connectivity index (χ4v) is 3.88. The zero-order chi connectivity index (χ0) is 26.4. The lowest BCUT2D eigenvalue weighted by Gasteiger charge is -2.26. The molecular weight excluding hydrogens is 515 g/mol. The number of amides is 4. The van der Waals surface area contributed by atoms with Gasteiger partial charge in [-0.1, -0.05) is 36.2 Å². The van der Waals surface area contributed by atoms with E-state index < -0.39 is 30.4 Å². The number of carboxylic acid groups (broad SMARTS) is 1. The Morgan fingerprint density at radius 3 is 2.39 bits per heavy atom. The number of nitrogens with zero attached hydrogens (tertiary/aromatic N) is 1. The maximum atomic E-state index is 13.1. The Hall–Kier alpha value is -3.76. The molecule has 0 radical (unpaired) electrons. The predicted octanol–water partition coefficient (Wildman–Crippen LogP) is 3.92. The number of imide groups is 2. The summed E-state index contributed by atoms with van der Waals surface area (Å²) in [5.74, 6) is -2.03. The molecule has 1 fully saturated rings. The number of aliphatic carboxylic acids is 1. The van der Waals surface area contributed by atoms with E-state index in [0.29, 0.717) is 23.7 Å². The lowest BCUT2D eigenvalue weighted by atomic mass is 10.1. The Labute approximate surface area is 216 Å². The minimum Gasteiger partial charge on any atom is -0.493 e. The van der Waals surface area contributed by atoms with Crippen molar-refractivity contribution in [1.29, 1.82) is 0 Å². The van der Waals surface area contributed by atoms with Crippen molar-refractivity contribution < 1.29 is 38.5 Å². The Morgan fingerprint density at radius 1 is 1.08 bits per heavy atom. The highest BCUT2D eigenvalue weighted by molar-refractivity contribution is 6.37. The molecule has 12 heteroatoms. The van der Waals surface area contributed by atoms with Gasteiger partial charge in [0.1, 0.15) is 5.57 Å². The number of carboxylic acids is 1. The van der Waals surface area contributed by atoms with Gasteiger partial charge in [-0.3, -0.25) is 19.8 Å². The van der Waals surface area contributed by atoms with E-state index in [-0.39, 0.29) is 33.5 Å². The number of hydrogen-bond acceptors (Lipinski definition) is 7. The average molecular weight is 537 g/mol. The second-order valence-corrected chi connectivity index (χ2v) is 8.35. The van der Waals surface area contributed by atoms with Crippen LogP contribution in [0.1, 0.15) is 24.5 Å². The van der Waals surface area contributed by atoms with Crippen LogP contribution in [0.2, 0.25) is 10.0 Å².